The first kappa shape index (κ1) is 22.2. The van der Waals surface area contributed by atoms with Crippen molar-refractivity contribution in [2.24, 2.45) is 0 Å². The van der Waals surface area contributed by atoms with Gasteiger partial charge < -0.3 is 9.84 Å². The summed E-state index contributed by atoms with van der Waals surface area (Å²) in [6.45, 7) is 2.41. The van der Waals surface area contributed by atoms with E-state index in [9.17, 15) is 30.1 Å². The fourth-order valence-electron chi connectivity index (χ4n) is 3.44. The van der Waals surface area contributed by atoms with Crippen molar-refractivity contribution in [2.75, 3.05) is 6.61 Å². The number of Topliss-reactive ketones (excluding diaryl/α,β-unsaturated/α-hetero) is 1. The van der Waals surface area contributed by atoms with Crippen LogP contribution in [0.2, 0.25) is 0 Å². The molecular formula is C23H19N3O6. The lowest BCUT2D eigenvalue weighted by atomic mass is 10.00. The third kappa shape index (κ3) is 4.06. The van der Waals surface area contributed by atoms with Gasteiger partial charge >= 0.3 is 5.69 Å². The molecule has 0 bridgehead atoms. The van der Waals surface area contributed by atoms with Crippen LogP contribution in [-0.4, -0.2) is 27.0 Å². The van der Waals surface area contributed by atoms with Gasteiger partial charge in [-0.1, -0.05) is 42.5 Å². The minimum Gasteiger partial charge on any atom is -0.494 e. The van der Waals surface area contributed by atoms with E-state index in [-0.39, 0.29) is 28.1 Å². The van der Waals surface area contributed by atoms with Gasteiger partial charge in [0.25, 0.3) is 5.56 Å². The summed E-state index contributed by atoms with van der Waals surface area (Å²) in [5, 5.41) is 31.5. The van der Waals surface area contributed by atoms with E-state index in [1.165, 1.54) is 31.2 Å². The lowest BCUT2D eigenvalue weighted by Crippen LogP contribution is -2.30. The fraction of sp³-hybridized carbons (Fsp3) is 0.174. The van der Waals surface area contributed by atoms with Crippen molar-refractivity contribution in [3.05, 3.63) is 97.3 Å². The second-order valence-corrected chi connectivity index (χ2v) is 7.01. The van der Waals surface area contributed by atoms with Crippen molar-refractivity contribution >= 4 is 11.5 Å². The lowest BCUT2D eigenvalue weighted by molar-refractivity contribution is -0.385. The molecule has 0 radical (unpaired) electrons. The number of nitro groups is 1. The first-order chi connectivity index (χ1) is 15.3. The molecule has 0 aliphatic heterocycles. The number of benzene rings is 2. The van der Waals surface area contributed by atoms with E-state index < -0.39 is 34.8 Å². The Kier molecular flexibility index (Phi) is 6.35. The molecule has 0 saturated heterocycles. The number of para-hydroxylation sites is 2. The SMILES string of the molecule is Cc1c(C(=O)COc2ccccc2[N+](=O)[O-])c(O)n(C(C)c2ccccc2)c(=O)c1C#N. The molecule has 1 unspecified atom stereocenters. The highest BCUT2D eigenvalue weighted by atomic mass is 16.6. The van der Waals surface area contributed by atoms with E-state index in [1.807, 2.05) is 0 Å². The number of aromatic hydroxyl groups is 1. The highest BCUT2D eigenvalue weighted by Gasteiger charge is 2.27. The Labute approximate surface area is 182 Å². The molecule has 3 rings (SSSR count). The minimum absolute atomic E-state index is 0.0164. The maximum atomic E-state index is 13.0. The lowest BCUT2D eigenvalue weighted by Gasteiger charge is -2.21. The van der Waals surface area contributed by atoms with Crippen molar-refractivity contribution in [3.63, 3.8) is 0 Å². The number of pyridine rings is 1. The average molecular weight is 433 g/mol. The number of nitrogens with zero attached hydrogens (tertiary/aromatic N) is 3. The molecular weight excluding hydrogens is 414 g/mol. The number of aromatic nitrogens is 1. The molecule has 0 fully saturated rings. The molecule has 32 heavy (non-hydrogen) atoms. The molecule has 1 heterocycles. The van der Waals surface area contributed by atoms with Gasteiger partial charge in [-0.05, 0) is 31.0 Å². The third-order valence-corrected chi connectivity index (χ3v) is 5.12. The zero-order valence-electron chi connectivity index (χ0n) is 17.3. The van der Waals surface area contributed by atoms with Gasteiger partial charge in [-0.25, -0.2) is 0 Å². The van der Waals surface area contributed by atoms with Gasteiger partial charge in [0.15, 0.2) is 12.4 Å². The van der Waals surface area contributed by atoms with Gasteiger partial charge in [-0.3, -0.25) is 24.3 Å². The Bertz CT molecular complexity index is 1290. The van der Waals surface area contributed by atoms with Gasteiger partial charge in [-0.15, -0.1) is 0 Å². The number of ether oxygens (including phenoxy) is 1. The second-order valence-electron chi connectivity index (χ2n) is 7.01. The summed E-state index contributed by atoms with van der Waals surface area (Å²) >= 11 is 0. The predicted octanol–water partition coefficient (Wildman–Crippen LogP) is 3.51. The second kappa shape index (κ2) is 9.14. The summed E-state index contributed by atoms with van der Waals surface area (Å²) in [4.78, 5) is 36.4. The number of hydrogen-bond donors (Lipinski definition) is 1. The van der Waals surface area contributed by atoms with Gasteiger partial charge in [0.05, 0.1) is 16.5 Å². The van der Waals surface area contributed by atoms with Crippen LogP contribution in [0.1, 0.15) is 40.0 Å². The van der Waals surface area contributed by atoms with Crippen molar-refractivity contribution in [2.45, 2.75) is 19.9 Å². The first-order valence-corrected chi connectivity index (χ1v) is 9.60. The number of carbonyl (C=O) groups is 1. The molecule has 0 spiro atoms. The quantitative estimate of drug-likeness (QED) is 0.342. The van der Waals surface area contributed by atoms with Crippen molar-refractivity contribution < 1.29 is 19.6 Å². The van der Waals surface area contributed by atoms with E-state index in [2.05, 4.69) is 0 Å². The molecule has 1 N–H and O–H groups in total. The first-order valence-electron chi connectivity index (χ1n) is 9.60. The number of hydrogen-bond acceptors (Lipinski definition) is 7. The van der Waals surface area contributed by atoms with Gasteiger partial charge in [0.1, 0.15) is 11.6 Å². The molecule has 1 aromatic heterocycles. The van der Waals surface area contributed by atoms with Gasteiger partial charge in [0, 0.05) is 6.07 Å². The molecule has 0 aliphatic rings. The maximum Gasteiger partial charge on any atom is 0.310 e. The molecule has 162 valence electrons. The topological polar surface area (TPSA) is 135 Å². The zero-order valence-corrected chi connectivity index (χ0v) is 17.3. The molecule has 9 nitrogen and oxygen atoms in total. The monoisotopic (exact) mass is 433 g/mol. The molecule has 0 saturated carbocycles. The van der Waals surface area contributed by atoms with E-state index in [0.29, 0.717) is 5.56 Å². The summed E-state index contributed by atoms with van der Waals surface area (Å²) < 4.78 is 6.33. The van der Waals surface area contributed by atoms with Crippen LogP contribution in [0.15, 0.2) is 59.4 Å². The van der Waals surface area contributed by atoms with E-state index in [4.69, 9.17) is 4.74 Å². The standard InChI is InChI=1S/C23H19N3O6/c1-14-17(12-24)22(28)25(15(2)16-8-4-3-5-9-16)23(29)21(14)19(27)13-32-20-11-7-6-10-18(20)26(30)31/h3-11,15,29H,13H2,1-2H3. The summed E-state index contributed by atoms with van der Waals surface area (Å²) in [5.74, 6) is -1.45. The Morgan fingerprint density at radius 2 is 1.84 bits per heavy atom. The van der Waals surface area contributed by atoms with Crippen molar-refractivity contribution in [3.8, 4) is 17.7 Å². The zero-order chi connectivity index (χ0) is 23.4. The summed E-state index contributed by atoms with van der Waals surface area (Å²) in [5.41, 5.74) is -0.867. The van der Waals surface area contributed by atoms with E-state index in [0.717, 1.165) is 4.57 Å². The Hall–Kier alpha value is -4.45. The molecule has 3 aromatic rings. The van der Waals surface area contributed by atoms with Crippen LogP contribution in [0.4, 0.5) is 5.69 Å². The number of rotatable bonds is 7. The van der Waals surface area contributed by atoms with Crippen molar-refractivity contribution in [1.82, 2.24) is 4.57 Å². The Balaban J connectivity index is 2.05. The minimum atomic E-state index is -0.733. The van der Waals surface area contributed by atoms with Gasteiger partial charge in [-0.2, -0.15) is 5.26 Å². The van der Waals surface area contributed by atoms with Crippen molar-refractivity contribution in [1.29, 1.82) is 5.26 Å². The molecule has 9 heteroatoms. The fourth-order valence-corrected chi connectivity index (χ4v) is 3.44. The van der Waals surface area contributed by atoms with Crippen LogP contribution >= 0.6 is 0 Å². The molecule has 2 aromatic carbocycles. The van der Waals surface area contributed by atoms with Crippen LogP contribution in [0.25, 0.3) is 0 Å². The van der Waals surface area contributed by atoms with Crippen LogP contribution in [0.5, 0.6) is 11.6 Å². The average Bonchev–Trinajstić information content (AvgIpc) is 2.78. The molecule has 0 aliphatic carbocycles. The van der Waals surface area contributed by atoms with Crippen LogP contribution in [0.3, 0.4) is 0 Å². The molecule has 0 amide bonds. The highest BCUT2D eigenvalue weighted by Crippen LogP contribution is 2.29. The van der Waals surface area contributed by atoms with Crippen LogP contribution in [-0.2, 0) is 0 Å². The number of carbonyl (C=O) groups excluding carboxylic acids is 1. The predicted molar refractivity (Wildman–Crippen MR) is 115 cm³/mol. The summed E-state index contributed by atoms with van der Waals surface area (Å²) in [6, 6.07) is 15.5. The van der Waals surface area contributed by atoms with E-state index in [1.54, 1.807) is 43.3 Å². The Morgan fingerprint density at radius 1 is 1.22 bits per heavy atom. The Morgan fingerprint density at radius 3 is 2.47 bits per heavy atom. The highest BCUT2D eigenvalue weighted by molar-refractivity contribution is 6.01. The number of ketones is 1. The van der Waals surface area contributed by atoms with E-state index >= 15 is 0 Å². The largest absolute Gasteiger partial charge is 0.494 e. The third-order valence-electron chi connectivity index (χ3n) is 5.12. The maximum absolute atomic E-state index is 13.0. The van der Waals surface area contributed by atoms with Crippen LogP contribution < -0.4 is 10.3 Å². The van der Waals surface area contributed by atoms with Crippen LogP contribution in [0, 0.1) is 28.4 Å². The normalized spacial score (nSPS) is 11.4. The smallest absolute Gasteiger partial charge is 0.310 e. The number of nitriles is 1. The van der Waals surface area contributed by atoms with Gasteiger partial charge in [0.2, 0.25) is 11.7 Å². The molecule has 1 atom stereocenters. The summed E-state index contributed by atoms with van der Waals surface area (Å²) in [7, 11) is 0. The summed E-state index contributed by atoms with van der Waals surface area (Å²) in [6.07, 6.45) is 0. The number of nitro benzene ring substituents is 1.